The minimum absolute atomic E-state index is 0. The van der Waals surface area contributed by atoms with Gasteiger partial charge >= 0.3 is 0 Å². The molecule has 2 aromatic rings. The van der Waals surface area contributed by atoms with E-state index >= 15 is 0 Å². The Morgan fingerprint density at radius 3 is 2.76 bits per heavy atom. The first-order valence-electron chi connectivity index (χ1n) is 10.7. The third-order valence-electron chi connectivity index (χ3n) is 5.75. The summed E-state index contributed by atoms with van der Waals surface area (Å²) in [7, 11) is 0. The van der Waals surface area contributed by atoms with Crippen LogP contribution in [-0.4, -0.2) is 23.5 Å². The van der Waals surface area contributed by atoms with Crippen molar-refractivity contribution in [3.63, 3.8) is 0 Å². The Labute approximate surface area is 200 Å². The zero-order valence-corrected chi connectivity index (χ0v) is 20.4. The van der Waals surface area contributed by atoms with Gasteiger partial charge in [-0.05, 0) is 18.9 Å². The first-order valence-corrected chi connectivity index (χ1v) is 10.7. The normalized spacial score (nSPS) is 17.2. The number of Topliss-reactive ketones (excluding diaryl/α,β-unsaturated/α-hetero) is 1. The topological polar surface area (TPSA) is 40.5 Å². The fourth-order valence-corrected chi connectivity index (χ4v) is 4.19. The maximum Gasteiger partial charge on any atom is 0.156 e. The molecule has 4 heteroatoms. The Kier molecular flexibility index (Phi) is 10.6. The van der Waals surface area contributed by atoms with Crippen LogP contribution in [0.2, 0.25) is 0 Å². The van der Waals surface area contributed by atoms with Crippen LogP contribution in [0.1, 0.15) is 69.1 Å². The molecule has 3 rings (SSSR count). The van der Waals surface area contributed by atoms with Crippen molar-refractivity contribution in [2.75, 3.05) is 11.4 Å². The molecule has 0 bridgehead atoms. The number of aliphatic hydroxyl groups is 1. The summed E-state index contributed by atoms with van der Waals surface area (Å²) in [5.41, 5.74) is 3.28. The zero-order valence-electron chi connectivity index (χ0n) is 17.5. The largest absolute Gasteiger partial charge is 0.388 e. The number of carbonyl (C=O) groups is 1. The molecule has 1 radical (unpaired) electrons. The van der Waals surface area contributed by atoms with E-state index in [1.165, 1.54) is 5.56 Å². The van der Waals surface area contributed by atoms with E-state index in [4.69, 9.17) is 0 Å². The number of hydrogen-bond donors (Lipinski definition) is 1. The van der Waals surface area contributed by atoms with E-state index in [0.717, 1.165) is 62.7 Å². The van der Waals surface area contributed by atoms with Gasteiger partial charge in [0.15, 0.2) is 5.78 Å². The van der Waals surface area contributed by atoms with Crippen molar-refractivity contribution in [1.82, 2.24) is 0 Å². The van der Waals surface area contributed by atoms with Crippen LogP contribution in [0.4, 0.5) is 5.69 Å². The minimum atomic E-state index is -0.459. The molecule has 3 nitrogen and oxygen atoms in total. The summed E-state index contributed by atoms with van der Waals surface area (Å²) in [5.74, 6) is 0.329. The van der Waals surface area contributed by atoms with E-state index in [2.05, 4.69) is 30.0 Å². The number of unbranched alkanes of at least 4 members (excludes halogenated alkanes) is 2. The van der Waals surface area contributed by atoms with Gasteiger partial charge in [-0.15, -0.1) is 0 Å². The molecule has 0 amide bonds. The Balaban J connectivity index is 0.00000300. The number of hydrogen-bond acceptors (Lipinski definition) is 3. The molecular formula is C25H32NO2Y-. The molecule has 1 aliphatic heterocycles. The van der Waals surface area contributed by atoms with Gasteiger partial charge in [0.1, 0.15) is 0 Å². The van der Waals surface area contributed by atoms with E-state index in [-0.39, 0.29) is 38.8 Å². The van der Waals surface area contributed by atoms with E-state index in [9.17, 15) is 9.90 Å². The molecule has 0 saturated carbocycles. The summed E-state index contributed by atoms with van der Waals surface area (Å²) in [6, 6.07) is 19.2. The molecule has 1 N–H and O–H groups in total. The Morgan fingerprint density at radius 2 is 2.00 bits per heavy atom. The number of nitrogens with zero attached hydrogens (tertiary/aromatic N) is 1. The number of aryl methyl sites for hydroxylation is 1. The molecule has 1 aliphatic rings. The number of para-hydroxylation sites is 1. The first-order chi connectivity index (χ1) is 13.7. The average Bonchev–Trinajstić information content (AvgIpc) is 3.09. The second-order valence-electron chi connectivity index (χ2n) is 7.80. The molecule has 0 spiro atoms. The van der Waals surface area contributed by atoms with Crippen LogP contribution >= 0.6 is 0 Å². The molecule has 0 aromatic heterocycles. The van der Waals surface area contributed by atoms with Gasteiger partial charge in [0, 0.05) is 56.9 Å². The van der Waals surface area contributed by atoms with Gasteiger partial charge < -0.3 is 10.0 Å². The van der Waals surface area contributed by atoms with Gasteiger partial charge in [0.2, 0.25) is 0 Å². The number of aliphatic hydroxyl groups excluding tert-OH is 1. The van der Waals surface area contributed by atoms with Crippen LogP contribution in [0, 0.1) is 6.07 Å². The molecule has 153 valence electrons. The number of ketones is 1. The van der Waals surface area contributed by atoms with Crippen molar-refractivity contribution < 1.29 is 42.6 Å². The zero-order chi connectivity index (χ0) is 19.8. The van der Waals surface area contributed by atoms with Crippen LogP contribution in [0.15, 0.2) is 48.5 Å². The van der Waals surface area contributed by atoms with Gasteiger partial charge in [-0.1, -0.05) is 57.2 Å². The second kappa shape index (κ2) is 12.6. The molecule has 0 aliphatic carbocycles. The first kappa shape index (κ1) is 24.2. The summed E-state index contributed by atoms with van der Waals surface area (Å²) >= 11 is 0. The van der Waals surface area contributed by atoms with E-state index in [1.54, 1.807) is 0 Å². The van der Waals surface area contributed by atoms with Gasteiger partial charge in [-0.25, -0.2) is 0 Å². The van der Waals surface area contributed by atoms with Crippen LogP contribution in [0.3, 0.4) is 0 Å². The molecule has 1 heterocycles. The summed E-state index contributed by atoms with van der Waals surface area (Å²) in [4.78, 5) is 14.8. The summed E-state index contributed by atoms with van der Waals surface area (Å²) in [6.07, 6.45) is 7.04. The maximum absolute atomic E-state index is 12.6. The quantitative estimate of drug-likeness (QED) is 0.383. The Bertz CT molecular complexity index is 749. The number of benzene rings is 2. The third-order valence-corrected chi connectivity index (χ3v) is 5.75. The third kappa shape index (κ3) is 6.74. The maximum atomic E-state index is 12.6. The van der Waals surface area contributed by atoms with Crippen LogP contribution in [0.5, 0.6) is 0 Å². The average molecular weight is 467 g/mol. The minimum Gasteiger partial charge on any atom is -0.388 e. The molecular weight excluding hydrogens is 435 g/mol. The van der Waals surface area contributed by atoms with Crippen LogP contribution in [0.25, 0.3) is 0 Å². The van der Waals surface area contributed by atoms with E-state index in [1.807, 2.05) is 36.4 Å². The molecule has 1 saturated heterocycles. The van der Waals surface area contributed by atoms with Crippen molar-refractivity contribution >= 4 is 11.5 Å². The molecule has 1 fully saturated rings. The van der Waals surface area contributed by atoms with Crippen molar-refractivity contribution in [3.8, 4) is 0 Å². The van der Waals surface area contributed by atoms with Crippen LogP contribution in [-0.2, 0) is 43.9 Å². The summed E-state index contributed by atoms with van der Waals surface area (Å²) in [5, 5.41) is 10.8. The SMILES string of the molecule is CCCCCC(O)c1ccccc1N1CCC(=O)C1CCCc1c[c-]ccc1.[Y]. The van der Waals surface area contributed by atoms with Crippen LogP contribution < -0.4 is 4.90 Å². The van der Waals surface area contributed by atoms with Gasteiger partial charge in [0.05, 0.1) is 12.1 Å². The summed E-state index contributed by atoms with van der Waals surface area (Å²) < 4.78 is 0. The smallest absolute Gasteiger partial charge is 0.156 e. The van der Waals surface area contributed by atoms with Crippen molar-refractivity contribution in [1.29, 1.82) is 0 Å². The van der Waals surface area contributed by atoms with Gasteiger partial charge in [-0.3, -0.25) is 4.79 Å². The fraction of sp³-hybridized carbons (Fsp3) is 0.480. The monoisotopic (exact) mass is 467 g/mol. The summed E-state index contributed by atoms with van der Waals surface area (Å²) in [6.45, 7) is 2.93. The van der Waals surface area contributed by atoms with E-state index in [0.29, 0.717) is 12.2 Å². The number of carbonyl (C=O) groups excluding carboxylic acids is 1. The van der Waals surface area contributed by atoms with E-state index < -0.39 is 6.10 Å². The molecule has 29 heavy (non-hydrogen) atoms. The Morgan fingerprint density at radius 1 is 1.17 bits per heavy atom. The Hall–Kier alpha value is -1.03. The van der Waals surface area contributed by atoms with Crippen molar-refractivity contribution in [2.45, 2.75) is 70.4 Å². The predicted octanol–water partition coefficient (Wildman–Crippen LogP) is 5.27. The molecule has 2 atom stereocenters. The number of anilines is 1. The molecule has 2 unspecified atom stereocenters. The van der Waals surface area contributed by atoms with Gasteiger partial charge in [-0.2, -0.15) is 35.9 Å². The fourth-order valence-electron chi connectivity index (χ4n) is 4.19. The van der Waals surface area contributed by atoms with Gasteiger partial charge in [0.25, 0.3) is 0 Å². The standard InChI is InChI=1S/C25H32NO2.Y/c1-2-3-5-17-24(27)21-14-8-9-15-22(21)26-19-18-25(28)23(26)16-10-13-20-11-6-4-7-12-20;/h4,6,8-9,11-12,14-15,23-24,27H,2-3,5,10,13,16-19H2,1H3;/q-1;. The van der Waals surface area contributed by atoms with Crippen molar-refractivity contribution in [2.24, 2.45) is 0 Å². The predicted molar refractivity (Wildman–Crippen MR) is 115 cm³/mol. The second-order valence-corrected chi connectivity index (χ2v) is 7.80. The molecule has 2 aromatic carbocycles. The number of rotatable bonds is 10. The van der Waals surface area contributed by atoms with Crippen molar-refractivity contribution in [3.05, 3.63) is 65.7 Å².